The van der Waals surface area contributed by atoms with E-state index < -0.39 is 41.2 Å². The number of benzene rings is 1. The first-order valence-corrected chi connectivity index (χ1v) is 6.87. The molecule has 116 valence electrons. The highest BCUT2D eigenvalue weighted by molar-refractivity contribution is 9.10. The molecule has 1 aromatic carbocycles. The van der Waals surface area contributed by atoms with Gasteiger partial charge in [-0.3, -0.25) is 4.79 Å². The second-order valence-electron chi connectivity index (χ2n) is 4.80. The quantitative estimate of drug-likeness (QED) is 0.643. The van der Waals surface area contributed by atoms with Gasteiger partial charge in [0, 0.05) is 6.42 Å². The van der Waals surface area contributed by atoms with Crippen LogP contribution in [0.25, 0.3) is 10.9 Å². The largest absolute Gasteiger partial charge is 0.511 e. The number of hydrogen-bond acceptors (Lipinski definition) is 3. The lowest BCUT2D eigenvalue weighted by Gasteiger charge is -2.14. The minimum absolute atomic E-state index is 0.0493. The Morgan fingerprint density at radius 2 is 2.09 bits per heavy atom. The molecule has 1 aliphatic carbocycles. The van der Waals surface area contributed by atoms with Gasteiger partial charge in [-0.15, -0.1) is 0 Å². The summed E-state index contributed by atoms with van der Waals surface area (Å²) in [5, 5.41) is 8.32. The highest BCUT2D eigenvalue weighted by Crippen LogP contribution is 2.42. The smallest absolute Gasteiger partial charge is 0.449 e. The molecule has 5 nitrogen and oxygen atoms in total. The van der Waals surface area contributed by atoms with Gasteiger partial charge < -0.3 is 14.4 Å². The number of ether oxygens (including phenoxy) is 1. The molecule has 1 aromatic heterocycles. The van der Waals surface area contributed by atoms with Crippen LogP contribution in [0.4, 0.5) is 18.0 Å². The number of halogens is 4. The van der Waals surface area contributed by atoms with Gasteiger partial charge >= 0.3 is 6.16 Å². The zero-order chi connectivity index (χ0) is 16.2. The van der Waals surface area contributed by atoms with E-state index in [0.717, 1.165) is 6.20 Å². The van der Waals surface area contributed by atoms with Crippen molar-refractivity contribution in [3.63, 3.8) is 0 Å². The van der Waals surface area contributed by atoms with Crippen molar-refractivity contribution in [2.24, 2.45) is 0 Å². The first kappa shape index (κ1) is 14.9. The summed E-state index contributed by atoms with van der Waals surface area (Å²) < 4.78 is 45.8. The second-order valence-corrected chi connectivity index (χ2v) is 5.59. The van der Waals surface area contributed by atoms with E-state index in [1.54, 1.807) is 0 Å². The minimum Gasteiger partial charge on any atom is -0.449 e. The Hall–Kier alpha value is -2.03. The van der Waals surface area contributed by atoms with Crippen molar-refractivity contribution in [1.82, 2.24) is 4.57 Å². The van der Waals surface area contributed by atoms with Gasteiger partial charge in [-0.1, -0.05) is 0 Å². The van der Waals surface area contributed by atoms with E-state index in [1.165, 1.54) is 4.57 Å². The second kappa shape index (κ2) is 5.01. The number of fused-ring (bicyclic) bond motifs is 1. The van der Waals surface area contributed by atoms with E-state index in [2.05, 4.69) is 20.7 Å². The lowest BCUT2D eigenvalue weighted by molar-refractivity contribution is 0.143. The molecule has 3 rings (SSSR count). The van der Waals surface area contributed by atoms with E-state index in [9.17, 15) is 22.8 Å². The van der Waals surface area contributed by atoms with Crippen LogP contribution in [0.15, 0.2) is 21.5 Å². The van der Waals surface area contributed by atoms with Crippen LogP contribution in [0.2, 0.25) is 0 Å². The molecule has 1 saturated carbocycles. The maximum atomic E-state index is 13.7. The Morgan fingerprint density at radius 3 is 2.64 bits per heavy atom. The summed E-state index contributed by atoms with van der Waals surface area (Å²) in [5.74, 6) is -3.11. The van der Waals surface area contributed by atoms with Crippen molar-refractivity contribution in [3.8, 4) is 5.75 Å². The highest BCUT2D eigenvalue weighted by atomic mass is 79.9. The van der Waals surface area contributed by atoms with E-state index in [0.29, 0.717) is 6.07 Å². The van der Waals surface area contributed by atoms with Crippen molar-refractivity contribution in [2.45, 2.75) is 18.6 Å². The highest BCUT2D eigenvalue weighted by Gasteiger charge is 2.40. The summed E-state index contributed by atoms with van der Waals surface area (Å²) in [6.07, 6.45) is -1.85. The number of carboxylic acid groups (broad SMARTS) is 1. The Bertz CT molecular complexity index is 867. The third-order valence-electron chi connectivity index (χ3n) is 3.36. The lowest BCUT2D eigenvalue weighted by Crippen LogP contribution is -2.17. The zero-order valence-corrected chi connectivity index (χ0v) is 12.2. The van der Waals surface area contributed by atoms with Gasteiger partial charge in [0.1, 0.15) is 6.17 Å². The van der Waals surface area contributed by atoms with Crippen LogP contribution >= 0.6 is 15.9 Å². The average Bonchev–Trinajstić information content (AvgIpc) is 3.16. The first-order chi connectivity index (χ1) is 10.3. The Morgan fingerprint density at radius 1 is 1.45 bits per heavy atom. The normalized spacial score (nSPS) is 20.2. The van der Waals surface area contributed by atoms with E-state index in [-0.39, 0.29) is 21.8 Å². The van der Waals surface area contributed by atoms with Crippen LogP contribution in [0.1, 0.15) is 12.5 Å². The van der Waals surface area contributed by atoms with Crippen LogP contribution in [-0.2, 0) is 0 Å². The molecule has 22 heavy (non-hydrogen) atoms. The standard InChI is InChI=1S/C13H7BrF3NO4/c14-9-10(17)6(16)1-4-11(9)18(7-2-5(7)15)3-8(12(4)19)22-13(20)21/h1,3,5,7H,2H2,(H,20,21)/t5-,7+/m0/s1. The van der Waals surface area contributed by atoms with Crippen molar-refractivity contribution < 1.29 is 27.8 Å². The third kappa shape index (κ3) is 2.25. The topological polar surface area (TPSA) is 68.5 Å². The monoisotopic (exact) mass is 377 g/mol. The summed E-state index contributed by atoms with van der Waals surface area (Å²) in [6, 6.07) is -0.0566. The number of aromatic nitrogens is 1. The Balaban J connectivity index is 2.39. The number of rotatable bonds is 2. The predicted molar refractivity (Wildman–Crippen MR) is 73.0 cm³/mol. The maximum absolute atomic E-state index is 13.7. The molecule has 1 heterocycles. The number of carbonyl (C=O) groups is 1. The third-order valence-corrected chi connectivity index (χ3v) is 4.08. The molecule has 1 N–H and O–H groups in total. The molecule has 2 aromatic rings. The predicted octanol–water partition coefficient (Wildman–Crippen LogP) is 3.38. The van der Waals surface area contributed by atoms with Crippen molar-refractivity contribution in [2.75, 3.05) is 0 Å². The van der Waals surface area contributed by atoms with Gasteiger partial charge in [-0.05, 0) is 22.0 Å². The molecule has 0 radical (unpaired) electrons. The molecule has 0 spiro atoms. The fourth-order valence-corrected chi connectivity index (χ4v) is 2.87. The van der Waals surface area contributed by atoms with Crippen LogP contribution in [0.5, 0.6) is 5.75 Å². The van der Waals surface area contributed by atoms with Crippen LogP contribution in [0, 0.1) is 11.6 Å². The summed E-state index contributed by atoms with van der Waals surface area (Å²) in [4.78, 5) is 22.8. The lowest BCUT2D eigenvalue weighted by atomic mass is 10.2. The zero-order valence-electron chi connectivity index (χ0n) is 10.6. The van der Waals surface area contributed by atoms with Crippen LogP contribution in [0.3, 0.4) is 0 Å². The molecule has 1 fully saturated rings. The molecule has 0 unspecified atom stereocenters. The van der Waals surface area contributed by atoms with Crippen LogP contribution < -0.4 is 10.2 Å². The SMILES string of the molecule is O=C(O)Oc1cn([C@@H]2C[C@@H]2F)c2c(Br)c(F)c(F)cc2c1=O. The van der Waals surface area contributed by atoms with E-state index in [4.69, 9.17) is 5.11 Å². The Kier molecular flexibility index (Phi) is 3.39. The molecule has 0 saturated heterocycles. The molecular formula is C13H7BrF3NO4. The fourth-order valence-electron chi connectivity index (χ4n) is 2.26. The number of nitrogens with zero attached hydrogens (tertiary/aromatic N) is 1. The molecule has 1 aliphatic rings. The first-order valence-electron chi connectivity index (χ1n) is 6.08. The minimum atomic E-state index is -1.74. The van der Waals surface area contributed by atoms with Crippen molar-refractivity contribution in [3.05, 3.63) is 38.6 Å². The van der Waals surface area contributed by atoms with Gasteiger partial charge in [0.05, 0.1) is 27.6 Å². The number of alkyl halides is 1. The molecule has 0 bridgehead atoms. The summed E-state index contributed by atoms with van der Waals surface area (Å²) in [5.41, 5.74) is -0.976. The van der Waals surface area contributed by atoms with Crippen molar-refractivity contribution >= 4 is 33.0 Å². The summed E-state index contributed by atoms with van der Waals surface area (Å²) in [6.45, 7) is 0. The van der Waals surface area contributed by atoms with Crippen LogP contribution in [-0.4, -0.2) is 22.0 Å². The summed E-state index contributed by atoms with van der Waals surface area (Å²) in [7, 11) is 0. The average molecular weight is 378 g/mol. The molecule has 2 atom stereocenters. The van der Waals surface area contributed by atoms with Gasteiger partial charge in [-0.2, -0.15) is 0 Å². The van der Waals surface area contributed by atoms with E-state index in [1.807, 2.05) is 0 Å². The Labute approximate surface area is 129 Å². The maximum Gasteiger partial charge on any atom is 0.511 e. The molecule has 9 heteroatoms. The number of pyridine rings is 1. The van der Waals surface area contributed by atoms with Gasteiger partial charge in [-0.25, -0.2) is 18.0 Å². The van der Waals surface area contributed by atoms with Gasteiger partial charge in [0.25, 0.3) is 0 Å². The van der Waals surface area contributed by atoms with E-state index >= 15 is 0 Å². The van der Waals surface area contributed by atoms with Crippen molar-refractivity contribution in [1.29, 1.82) is 0 Å². The van der Waals surface area contributed by atoms with Gasteiger partial charge in [0.2, 0.25) is 5.43 Å². The fraction of sp³-hybridized carbons (Fsp3) is 0.231. The number of hydrogen-bond donors (Lipinski definition) is 1. The molecule has 0 amide bonds. The molecular weight excluding hydrogens is 371 g/mol. The van der Waals surface area contributed by atoms with Gasteiger partial charge in [0.15, 0.2) is 17.4 Å². The summed E-state index contributed by atoms with van der Waals surface area (Å²) >= 11 is 2.85. The molecule has 0 aliphatic heterocycles.